The molecule has 0 saturated carbocycles. The van der Waals surface area contributed by atoms with Gasteiger partial charge in [-0.2, -0.15) is 9.61 Å². The zero-order valence-corrected chi connectivity index (χ0v) is 21.6. The van der Waals surface area contributed by atoms with Crippen molar-refractivity contribution >= 4 is 23.2 Å². The van der Waals surface area contributed by atoms with E-state index in [9.17, 15) is 19.8 Å². The van der Waals surface area contributed by atoms with Gasteiger partial charge in [-0.3, -0.25) is 14.6 Å². The number of benzene rings is 1. The predicted molar refractivity (Wildman–Crippen MR) is 145 cm³/mol. The van der Waals surface area contributed by atoms with Crippen LogP contribution < -0.4 is 5.73 Å². The van der Waals surface area contributed by atoms with Gasteiger partial charge in [-0.1, -0.05) is 36.4 Å². The minimum atomic E-state index is -1.42. The highest BCUT2D eigenvalue weighted by Crippen LogP contribution is 2.44. The Morgan fingerprint density at radius 1 is 1.05 bits per heavy atom. The second-order valence-corrected chi connectivity index (χ2v) is 10.4. The van der Waals surface area contributed by atoms with Gasteiger partial charge in [0.15, 0.2) is 17.5 Å². The smallest absolute Gasteiger partial charge is 0.254 e. The second kappa shape index (κ2) is 9.87. The first-order chi connectivity index (χ1) is 18.9. The van der Waals surface area contributed by atoms with Gasteiger partial charge < -0.3 is 20.8 Å². The molecule has 2 aliphatic heterocycles. The van der Waals surface area contributed by atoms with Gasteiger partial charge in [-0.15, -0.1) is 0 Å². The van der Waals surface area contributed by atoms with Crippen molar-refractivity contribution in [1.82, 2.24) is 24.5 Å². The molecule has 0 radical (unpaired) electrons. The van der Waals surface area contributed by atoms with Crippen molar-refractivity contribution < 1.29 is 19.8 Å². The third-order valence-electron chi connectivity index (χ3n) is 8.04. The summed E-state index contributed by atoms with van der Waals surface area (Å²) in [5.74, 6) is -0.485. The largest absolute Gasteiger partial charge is 0.393 e. The Morgan fingerprint density at radius 2 is 1.77 bits per heavy atom. The summed E-state index contributed by atoms with van der Waals surface area (Å²) in [5, 5.41) is 23.7. The fraction of sp³-hybridized carbons (Fsp3) is 0.345. The summed E-state index contributed by atoms with van der Waals surface area (Å²) in [6.45, 7) is 0.872. The molecule has 10 heteroatoms. The number of carbonyl (C=O) groups is 2. The Kier molecular flexibility index (Phi) is 6.36. The summed E-state index contributed by atoms with van der Waals surface area (Å²) in [4.78, 5) is 36.9. The zero-order valence-electron chi connectivity index (χ0n) is 21.6. The number of carbonyl (C=O) groups excluding carboxylic acids is 2. The summed E-state index contributed by atoms with van der Waals surface area (Å²) < 4.78 is 1.51. The van der Waals surface area contributed by atoms with Gasteiger partial charge in [-0.05, 0) is 38.7 Å². The summed E-state index contributed by atoms with van der Waals surface area (Å²) >= 11 is 0. The van der Waals surface area contributed by atoms with E-state index in [1.165, 1.54) is 11.4 Å². The molecule has 10 nitrogen and oxygen atoms in total. The van der Waals surface area contributed by atoms with Crippen molar-refractivity contribution in [1.29, 1.82) is 0 Å². The second-order valence-electron chi connectivity index (χ2n) is 10.4. The molecular weight excluding hydrogens is 496 g/mol. The summed E-state index contributed by atoms with van der Waals surface area (Å²) in [6.07, 6.45) is 4.85. The molecule has 1 aromatic carbocycles. The molecule has 1 unspecified atom stereocenters. The Morgan fingerprint density at radius 3 is 2.38 bits per heavy atom. The predicted octanol–water partition coefficient (Wildman–Crippen LogP) is 2.83. The molecule has 5 heterocycles. The van der Waals surface area contributed by atoms with Crippen molar-refractivity contribution in [3.05, 3.63) is 66.1 Å². The molecule has 4 aromatic rings. The normalized spacial score (nSPS) is 21.3. The lowest BCUT2D eigenvalue weighted by Crippen LogP contribution is -2.51. The number of fused-ring (bicyclic) bond motifs is 3. The van der Waals surface area contributed by atoms with Gasteiger partial charge in [-0.25, -0.2) is 4.98 Å². The van der Waals surface area contributed by atoms with Gasteiger partial charge in [0.1, 0.15) is 5.82 Å². The number of nitrogen functional groups attached to an aromatic ring is 1. The van der Waals surface area contributed by atoms with Gasteiger partial charge in [0.2, 0.25) is 0 Å². The highest BCUT2D eigenvalue weighted by Gasteiger charge is 2.46. The molecule has 4 N–H and O–H groups in total. The molecule has 1 amide bonds. The number of Topliss-reactive ketones (excluding diaryl/α,β-unsaturated/α-hetero) is 1. The SMILES string of the molecule is CC(=O)c1c(C2C[C@H]3CC[C@@H](C2)N3C(=O)[C@H](O)CO)nc2c(-c3ccc(-c4ccccc4)nc3)cnn2c1N. The van der Waals surface area contributed by atoms with Crippen LogP contribution in [0, 0.1) is 0 Å². The monoisotopic (exact) mass is 526 g/mol. The Balaban J connectivity index is 1.38. The molecule has 4 atom stereocenters. The Labute approximate surface area is 225 Å². The zero-order chi connectivity index (χ0) is 27.3. The number of nitrogens with two attached hydrogens (primary N) is 1. The third kappa shape index (κ3) is 4.25. The van der Waals surface area contributed by atoms with Crippen LogP contribution in [-0.4, -0.2) is 71.2 Å². The minimum Gasteiger partial charge on any atom is -0.393 e. The lowest BCUT2D eigenvalue weighted by Gasteiger charge is -2.40. The molecular formula is C29H30N6O4. The third-order valence-corrected chi connectivity index (χ3v) is 8.04. The van der Waals surface area contributed by atoms with E-state index in [0.717, 1.165) is 35.2 Å². The lowest BCUT2D eigenvalue weighted by molar-refractivity contribution is -0.147. The topological polar surface area (TPSA) is 147 Å². The highest BCUT2D eigenvalue weighted by molar-refractivity contribution is 6.00. The quantitative estimate of drug-likeness (QED) is 0.325. The maximum absolute atomic E-state index is 12.8. The fourth-order valence-electron chi connectivity index (χ4n) is 6.24. The average molecular weight is 527 g/mol. The number of rotatable bonds is 6. The molecule has 0 aliphatic carbocycles. The minimum absolute atomic E-state index is 0.0923. The van der Waals surface area contributed by atoms with E-state index >= 15 is 0 Å². The number of ketones is 1. The van der Waals surface area contributed by atoms with Crippen LogP contribution in [0.4, 0.5) is 5.82 Å². The molecule has 3 aromatic heterocycles. The number of hydrogen-bond acceptors (Lipinski definition) is 8. The summed E-state index contributed by atoms with van der Waals surface area (Å²) in [5.41, 5.74) is 11.5. The van der Waals surface area contributed by atoms with Crippen LogP contribution in [0.5, 0.6) is 0 Å². The lowest BCUT2D eigenvalue weighted by atomic mass is 9.85. The number of amides is 1. The maximum Gasteiger partial charge on any atom is 0.254 e. The highest BCUT2D eigenvalue weighted by atomic mass is 16.3. The molecule has 2 saturated heterocycles. The van der Waals surface area contributed by atoms with E-state index < -0.39 is 18.6 Å². The van der Waals surface area contributed by atoms with Crippen LogP contribution in [0.3, 0.4) is 0 Å². The molecule has 6 rings (SSSR count). The van der Waals surface area contributed by atoms with E-state index in [0.29, 0.717) is 29.7 Å². The van der Waals surface area contributed by atoms with Crippen LogP contribution in [0.15, 0.2) is 54.9 Å². The van der Waals surface area contributed by atoms with Gasteiger partial charge in [0.05, 0.1) is 29.8 Å². The first-order valence-corrected chi connectivity index (χ1v) is 13.2. The summed E-state index contributed by atoms with van der Waals surface area (Å²) in [7, 11) is 0. The number of nitrogens with zero attached hydrogens (tertiary/aromatic N) is 5. The van der Waals surface area contributed by atoms with Crippen LogP contribution in [-0.2, 0) is 4.79 Å². The van der Waals surface area contributed by atoms with E-state index in [2.05, 4.69) is 10.1 Å². The van der Waals surface area contributed by atoms with Gasteiger partial charge in [0, 0.05) is 40.9 Å². The first kappa shape index (κ1) is 25.1. The Bertz CT molecular complexity index is 1540. The Hall–Kier alpha value is -4.15. The van der Waals surface area contributed by atoms with Crippen molar-refractivity contribution in [3.63, 3.8) is 0 Å². The van der Waals surface area contributed by atoms with E-state index in [1.807, 2.05) is 42.5 Å². The van der Waals surface area contributed by atoms with Crippen LogP contribution in [0.2, 0.25) is 0 Å². The standard InChI is InChI=1S/C29H30N6O4/c1-16(37)25-26(19-11-20-8-9-21(12-19)34(20)29(39)24(38)15-36)33-28-22(14-32-35(28)27(25)30)18-7-10-23(31-13-18)17-5-3-2-4-6-17/h2-7,10,13-14,19-21,24,36,38H,8-9,11-12,15,30H2,1H3/t19?,20-,21+,24-/m1/s1. The average Bonchev–Trinajstić information content (AvgIpc) is 3.50. The maximum atomic E-state index is 12.8. The molecule has 2 bridgehead atoms. The van der Waals surface area contributed by atoms with E-state index in [-0.39, 0.29) is 29.6 Å². The van der Waals surface area contributed by atoms with Crippen molar-refractivity contribution in [3.8, 4) is 22.4 Å². The van der Waals surface area contributed by atoms with E-state index in [1.54, 1.807) is 17.3 Å². The molecule has 2 aliphatic rings. The molecule has 0 spiro atoms. The van der Waals surface area contributed by atoms with Crippen LogP contribution in [0.1, 0.15) is 54.6 Å². The van der Waals surface area contributed by atoms with Crippen LogP contribution in [0.25, 0.3) is 28.0 Å². The number of aliphatic hydroxyl groups is 2. The van der Waals surface area contributed by atoms with E-state index in [4.69, 9.17) is 10.7 Å². The van der Waals surface area contributed by atoms with Crippen molar-refractivity contribution in [2.24, 2.45) is 0 Å². The molecule has 2 fully saturated rings. The number of aromatic nitrogens is 4. The molecule has 200 valence electrons. The van der Waals surface area contributed by atoms with Crippen molar-refractivity contribution in [2.45, 2.75) is 56.7 Å². The fourth-order valence-corrected chi connectivity index (χ4v) is 6.24. The molecule has 39 heavy (non-hydrogen) atoms. The van der Waals surface area contributed by atoms with Gasteiger partial charge >= 0.3 is 0 Å². The first-order valence-electron chi connectivity index (χ1n) is 13.2. The number of hydrogen-bond donors (Lipinski definition) is 3. The number of aliphatic hydroxyl groups excluding tert-OH is 2. The number of anilines is 1. The summed E-state index contributed by atoms with van der Waals surface area (Å²) in [6, 6.07) is 13.6. The van der Waals surface area contributed by atoms with Crippen molar-refractivity contribution in [2.75, 3.05) is 12.3 Å². The van der Waals surface area contributed by atoms with Gasteiger partial charge in [0.25, 0.3) is 5.91 Å². The van der Waals surface area contributed by atoms with Crippen LogP contribution >= 0.6 is 0 Å². The number of pyridine rings is 1. The number of piperidine rings is 1.